The lowest BCUT2D eigenvalue weighted by molar-refractivity contribution is 1.13. The van der Waals surface area contributed by atoms with Gasteiger partial charge in [0, 0.05) is 11.3 Å². The predicted molar refractivity (Wildman–Crippen MR) is 72.7 cm³/mol. The Balaban J connectivity index is 2.36. The van der Waals surface area contributed by atoms with Gasteiger partial charge in [0.15, 0.2) is 0 Å². The lowest BCUT2D eigenvalue weighted by Gasteiger charge is -2.06. The largest absolute Gasteiger partial charge is 0.398 e. The molecule has 2 aromatic heterocycles. The summed E-state index contributed by atoms with van der Waals surface area (Å²) in [6.07, 6.45) is 1.84. The number of anilines is 1. The predicted octanol–water partition coefficient (Wildman–Crippen LogP) is 3.35. The third-order valence-electron chi connectivity index (χ3n) is 2.71. The fraction of sp³-hybridized carbons (Fsp3) is 0. The van der Waals surface area contributed by atoms with Crippen LogP contribution in [0.4, 0.5) is 5.69 Å². The first-order valence-corrected chi connectivity index (χ1v) is 6.03. The number of para-hydroxylation sites is 1. The number of benzene rings is 1. The van der Waals surface area contributed by atoms with Crippen LogP contribution < -0.4 is 5.73 Å². The summed E-state index contributed by atoms with van der Waals surface area (Å²) in [7, 11) is 0. The van der Waals surface area contributed by atoms with Crippen LogP contribution in [0.3, 0.4) is 0 Å². The Morgan fingerprint density at radius 2 is 1.88 bits per heavy atom. The summed E-state index contributed by atoms with van der Waals surface area (Å²) in [6, 6.07) is 13.7. The lowest BCUT2D eigenvalue weighted by atomic mass is 10.2. The van der Waals surface area contributed by atoms with E-state index in [0.29, 0.717) is 0 Å². The molecule has 3 aromatic rings. The number of aromatic nitrogens is 2. The number of imidazole rings is 1. The summed E-state index contributed by atoms with van der Waals surface area (Å²) < 4.78 is 3.00. The van der Waals surface area contributed by atoms with Gasteiger partial charge in [0.05, 0.1) is 16.3 Å². The Labute approximate surface area is 107 Å². The summed E-state index contributed by atoms with van der Waals surface area (Å²) in [5, 5.41) is 0. The molecule has 0 atom stereocenters. The zero-order valence-corrected chi connectivity index (χ0v) is 10.6. The van der Waals surface area contributed by atoms with E-state index in [4.69, 9.17) is 5.73 Å². The Kier molecular flexibility index (Phi) is 2.37. The second kappa shape index (κ2) is 3.89. The van der Waals surface area contributed by atoms with Crippen LogP contribution in [0.25, 0.3) is 16.9 Å². The van der Waals surface area contributed by atoms with E-state index in [9.17, 15) is 0 Å². The molecule has 0 spiro atoms. The minimum absolute atomic E-state index is 0.732. The molecule has 17 heavy (non-hydrogen) atoms. The van der Waals surface area contributed by atoms with Crippen molar-refractivity contribution in [2.24, 2.45) is 0 Å². The van der Waals surface area contributed by atoms with E-state index in [0.717, 1.165) is 27.2 Å². The van der Waals surface area contributed by atoms with E-state index in [1.54, 1.807) is 0 Å². The number of fused-ring (bicyclic) bond motifs is 1. The van der Waals surface area contributed by atoms with E-state index < -0.39 is 0 Å². The van der Waals surface area contributed by atoms with Crippen molar-refractivity contribution in [3.8, 4) is 11.4 Å². The highest BCUT2D eigenvalue weighted by Crippen LogP contribution is 2.27. The number of nitrogens with two attached hydrogens (primary N) is 1. The highest BCUT2D eigenvalue weighted by atomic mass is 79.9. The van der Waals surface area contributed by atoms with Crippen LogP contribution in [0.2, 0.25) is 0 Å². The van der Waals surface area contributed by atoms with Crippen molar-refractivity contribution in [1.29, 1.82) is 0 Å². The summed E-state index contributed by atoms with van der Waals surface area (Å²) in [5.74, 6) is 0.852. The van der Waals surface area contributed by atoms with Gasteiger partial charge < -0.3 is 5.73 Å². The smallest absolute Gasteiger partial charge is 0.147 e. The van der Waals surface area contributed by atoms with Gasteiger partial charge in [-0.25, -0.2) is 4.98 Å². The molecule has 84 valence electrons. The third-order valence-corrected chi connectivity index (χ3v) is 3.32. The molecular formula is C13H10BrN3. The quantitative estimate of drug-likeness (QED) is 0.551. The van der Waals surface area contributed by atoms with E-state index in [2.05, 4.69) is 20.9 Å². The lowest BCUT2D eigenvalue weighted by Crippen LogP contribution is -1.95. The molecule has 0 radical (unpaired) electrons. The molecule has 0 bridgehead atoms. The van der Waals surface area contributed by atoms with E-state index in [-0.39, 0.29) is 0 Å². The van der Waals surface area contributed by atoms with Crippen LogP contribution in [0.1, 0.15) is 0 Å². The first-order valence-electron chi connectivity index (χ1n) is 5.24. The van der Waals surface area contributed by atoms with Crippen LogP contribution >= 0.6 is 15.9 Å². The van der Waals surface area contributed by atoms with Crippen molar-refractivity contribution in [1.82, 2.24) is 9.38 Å². The number of rotatable bonds is 1. The number of nitrogens with zero attached hydrogens (tertiary/aromatic N) is 2. The van der Waals surface area contributed by atoms with Gasteiger partial charge in [-0.1, -0.05) is 18.2 Å². The molecule has 2 heterocycles. The zero-order chi connectivity index (χ0) is 11.8. The van der Waals surface area contributed by atoms with E-state index in [1.165, 1.54) is 0 Å². The normalized spacial score (nSPS) is 10.9. The highest BCUT2D eigenvalue weighted by Gasteiger charge is 2.10. The average molecular weight is 288 g/mol. The Hall–Kier alpha value is -1.81. The average Bonchev–Trinajstić information content (AvgIpc) is 2.75. The van der Waals surface area contributed by atoms with Gasteiger partial charge in [-0.15, -0.1) is 0 Å². The Morgan fingerprint density at radius 3 is 2.71 bits per heavy atom. The maximum Gasteiger partial charge on any atom is 0.147 e. The van der Waals surface area contributed by atoms with Crippen molar-refractivity contribution in [2.75, 3.05) is 5.73 Å². The topological polar surface area (TPSA) is 43.3 Å². The maximum absolute atomic E-state index is 5.98. The summed E-state index contributed by atoms with van der Waals surface area (Å²) in [6.45, 7) is 0. The molecular weight excluding hydrogens is 278 g/mol. The van der Waals surface area contributed by atoms with E-state index >= 15 is 0 Å². The van der Waals surface area contributed by atoms with Gasteiger partial charge in [0.25, 0.3) is 0 Å². The first kappa shape index (κ1) is 10.4. The van der Waals surface area contributed by atoms with Crippen LogP contribution in [-0.2, 0) is 0 Å². The SMILES string of the molecule is Nc1ccccc1-c1ncc2cccc(Br)n12. The zero-order valence-electron chi connectivity index (χ0n) is 8.97. The molecule has 4 heteroatoms. The number of halogens is 1. The fourth-order valence-electron chi connectivity index (χ4n) is 1.90. The van der Waals surface area contributed by atoms with Crippen LogP contribution in [-0.4, -0.2) is 9.38 Å². The Morgan fingerprint density at radius 1 is 1.06 bits per heavy atom. The summed E-state index contributed by atoms with van der Waals surface area (Å²) >= 11 is 3.53. The second-order valence-electron chi connectivity index (χ2n) is 3.78. The van der Waals surface area contributed by atoms with Gasteiger partial charge in [0.1, 0.15) is 5.82 Å². The summed E-state index contributed by atoms with van der Waals surface area (Å²) in [4.78, 5) is 4.44. The highest BCUT2D eigenvalue weighted by molar-refractivity contribution is 9.10. The second-order valence-corrected chi connectivity index (χ2v) is 4.59. The van der Waals surface area contributed by atoms with Crippen LogP contribution in [0.5, 0.6) is 0 Å². The summed E-state index contributed by atoms with van der Waals surface area (Å²) in [5.41, 5.74) is 8.70. The monoisotopic (exact) mass is 287 g/mol. The third kappa shape index (κ3) is 1.61. The van der Waals surface area contributed by atoms with Gasteiger partial charge in [0.2, 0.25) is 0 Å². The number of hydrogen-bond donors (Lipinski definition) is 1. The molecule has 0 saturated heterocycles. The van der Waals surface area contributed by atoms with Crippen molar-refractivity contribution < 1.29 is 0 Å². The van der Waals surface area contributed by atoms with Crippen LogP contribution in [0.15, 0.2) is 53.3 Å². The maximum atomic E-state index is 5.98. The molecule has 0 fully saturated rings. The van der Waals surface area contributed by atoms with E-state index in [1.807, 2.05) is 53.1 Å². The standard InChI is InChI=1S/C13H10BrN3/c14-12-7-3-4-9-8-16-13(17(9)12)10-5-1-2-6-11(10)15/h1-8H,15H2. The van der Waals surface area contributed by atoms with Crippen molar-refractivity contribution >= 4 is 27.1 Å². The molecule has 0 aliphatic heterocycles. The van der Waals surface area contributed by atoms with Crippen molar-refractivity contribution in [2.45, 2.75) is 0 Å². The molecule has 2 N–H and O–H groups in total. The minimum atomic E-state index is 0.732. The molecule has 0 amide bonds. The molecule has 1 aromatic carbocycles. The molecule has 0 aliphatic carbocycles. The number of hydrogen-bond acceptors (Lipinski definition) is 2. The van der Waals surface area contributed by atoms with Gasteiger partial charge in [-0.3, -0.25) is 4.40 Å². The van der Waals surface area contributed by atoms with Crippen molar-refractivity contribution in [3.05, 3.63) is 53.3 Å². The number of nitrogen functional groups attached to an aromatic ring is 1. The van der Waals surface area contributed by atoms with Gasteiger partial charge >= 0.3 is 0 Å². The molecule has 0 aliphatic rings. The molecule has 3 nitrogen and oxygen atoms in total. The van der Waals surface area contributed by atoms with Crippen LogP contribution in [0, 0.1) is 0 Å². The number of pyridine rings is 1. The minimum Gasteiger partial charge on any atom is -0.398 e. The first-order chi connectivity index (χ1) is 8.27. The fourth-order valence-corrected chi connectivity index (χ4v) is 2.42. The molecule has 0 saturated carbocycles. The van der Waals surface area contributed by atoms with Gasteiger partial charge in [-0.2, -0.15) is 0 Å². The molecule has 3 rings (SSSR count). The van der Waals surface area contributed by atoms with Gasteiger partial charge in [-0.05, 0) is 40.2 Å². The molecule has 0 unspecified atom stereocenters. The van der Waals surface area contributed by atoms with Crippen molar-refractivity contribution in [3.63, 3.8) is 0 Å². The Bertz CT molecular complexity index is 688.